The van der Waals surface area contributed by atoms with Crippen LogP contribution in [0.25, 0.3) is 0 Å². The van der Waals surface area contributed by atoms with Crippen LogP contribution in [0.15, 0.2) is 41.3 Å². The van der Waals surface area contributed by atoms with Gasteiger partial charge in [0.05, 0.1) is 6.61 Å². The molecule has 0 N–H and O–H groups in total. The van der Waals surface area contributed by atoms with Gasteiger partial charge in [-0.25, -0.2) is 8.42 Å². The number of rotatable bonds is 5. The predicted octanol–water partition coefficient (Wildman–Crippen LogP) is 4.18. The molecule has 25 heavy (non-hydrogen) atoms. The topological polar surface area (TPSA) is 46.6 Å². The van der Waals surface area contributed by atoms with E-state index < -0.39 is 10.0 Å². The second kappa shape index (κ2) is 7.36. The van der Waals surface area contributed by atoms with E-state index in [4.69, 9.17) is 16.3 Å². The predicted molar refractivity (Wildman–Crippen MR) is 99.7 cm³/mol. The van der Waals surface area contributed by atoms with Crippen LogP contribution in [0.2, 0.25) is 5.02 Å². The molecule has 2 aromatic carbocycles. The average Bonchev–Trinajstić information content (AvgIpc) is 2.61. The van der Waals surface area contributed by atoms with Crippen molar-refractivity contribution in [3.05, 3.63) is 58.1 Å². The van der Waals surface area contributed by atoms with Crippen molar-refractivity contribution >= 4 is 21.6 Å². The number of benzene rings is 2. The molecule has 3 rings (SSSR count). The van der Waals surface area contributed by atoms with Crippen molar-refractivity contribution in [1.29, 1.82) is 0 Å². The van der Waals surface area contributed by atoms with Gasteiger partial charge < -0.3 is 4.74 Å². The summed E-state index contributed by atoms with van der Waals surface area (Å²) in [6, 6.07) is 11.2. The highest BCUT2D eigenvalue weighted by molar-refractivity contribution is 7.89. The molecule has 0 spiro atoms. The van der Waals surface area contributed by atoms with Crippen molar-refractivity contribution in [3.63, 3.8) is 0 Å². The molecule has 6 heteroatoms. The van der Waals surface area contributed by atoms with Crippen molar-refractivity contribution in [2.75, 3.05) is 13.2 Å². The third-order valence-electron chi connectivity index (χ3n) is 4.40. The van der Waals surface area contributed by atoms with Crippen molar-refractivity contribution < 1.29 is 13.2 Å². The third kappa shape index (κ3) is 3.68. The van der Waals surface area contributed by atoms with Crippen LogP contribution in [-0.2, 0) is 23.0 Å². The van der Waals surface area contributed by atoms with E-state index in [1.54, 1.807) is 6.07 Å². The van der Waals surface area contributed by atoms with Gasteiger partial charge in [-0.3, -0.25) is 0 Å². The molecule has 134 valence electrons. The van der Waals surface area contributed by atoms with E-state index in [1.165, 1.54) is 15.9 Å². The maximum Gasteiger partial charge on any atom is 0.247 e. The summed E-state index contributed by atoms with van der Waals surface area (Å²) in [4.78, 5) is 0.149. The maximum absolute atomic E-state index is 13.2. The number of hydrogen-bond donors (Lipinski definition) is 0. The second-order valence-corrected chi connectivity index (χ2v) is 8.57. The quantitative estimate of drug-likeness (QED) is 0.782. The Morgan fingerprint density at radius 2 is 1.92 bits per heavy atom. The molecule has 0 bridgehead atoms. The first-order valence-electron chi connectivity index (χ1n) is 8.43. The fraction of sp³-hybridized carbons (Fsp3) is 0.368. The molecule has 0 aliphatic carbocycles. The number of nitrogens with zero attached hydrogens (tertiary/aromatic N) is 1. The van der Waals surface area contributed by atoms with Gasteiger partial charge in [-0.1, -0.05) is 42.8 Å². The van der Waals surface area contributed by atoms with Gasteiger partial charge in [0, 0.05) is 18.1 Å². The summed E-state index contributed by atoms with van der Waals surface area (Å²) in [5.41, 5.74) is 3.06. The van der Waals surface area contributed by atoms with Crippen LogP contribution in [0, 0.1) is 6.92 Å². The standard InChI is InChI=1S/C19H22ClNO3S/c1-3-10-24-18-11-14(2)17(20)12-19(18)25(22,23)21-9-8-15-6-4-5-7-16(15)13-21/h4-7,11-12H,3,8-10,13H2,1-2H3. The van der Waals surface area contributed by atoms with E-state index in [2.05, 4.69) is 6.07 Å². The first-order chi connectivity index (χ1) is 11.9. The monoisotopic (exact) mass is 379 g/mol. The zero-order valence-electron chi connectivity index (χ0n) is 14.5. The van der Waals surface area contributed by atoms with Crippen molar-refractivity contribution in [1.82, 2.24) is 4.31 Å². The van der Waals surface area contributed by atoms with Gasteiger partial charge in [-0.05, 0) is 48.6 Å². The minimum absolute atomic E-state index is 0.149. The zero-order chi connectivity index (χ0) is 18.0. The van der Waals surface area contributed by atoms with Gasteiger partial charge in [-0.2, -0.15) is 4.31 Å². The van der Waals surface area contributed by atoms with Crippen LogP contribution in [0.5, 0.6) is 5.75 Å². The minimum Gasteiger partial charge on any atom is -0.492 e. The van der Waals surface area contributed by atoms with Crippen LogP contribution >= 0.6 is 11.6 Å². The lowest BCUT2D eigenvalue weighted by molar-refractivity contribution is 0.306. The Hall–Kier alpha value is -1.56. The zero-order valence-corrected chi connectivity index (χ0v) is 16.0. The number of fused-ring (bicyclic) bond motifs is 1. The van der Waals surface area contributed by atoms with Crippen molar-refractivity contribution in [3.8, 4) is 5.75 Å². The van der Waals surface area contributed by atoms with Crippen LogP contribution < -0.4 is 4.74 Å². The average molecular weight is 380 g/mol. The summed E-state index contributed by atoms with van der Waals surface area (Å²) >= 11 is 6.21. The molecule has 4 nitrogen and oxygen atoms in total. The summed E-state index contributed by atoms with van der Waals surface area (Å²) in [7, 11) is -3.68. The lowest BCUT2D eigenvalue weighted by Gasteiger charge is -2.28. The summed E-state index contributed by atoms with van der Waals surface area (Å²) < 4.78 is 33.7. The summed E-state index contributed by atoms with van der Waals surface area (Å²) in [5.74, 6) is 0.377. The van der Waals surface area contributed by atoms with Crippen LogP contribution in [0.4, 0.5) is 0 Å². The lowest BCUT2D eigenvalue weighted by atomic mass is 10.0. The Kier molecular flexibility index (Phi) is 5.37. The fourth-order valence-electron chi connectivity index (χ4n) is 2.98. The molecular formula is C19H22ClNO3S. The summed E-state index contributed by atoms with van der Waals surface area (Å²) in [6.45, 7) is 5.12. The number of aryl methyl sites for hydroxylation is 1. The molecule has 0 aromatic heterocycles. The molecule has 0 unspecified atom stereocenters. The van der Waals surface area contributed by atoms with Crippen molar-refractivity contribution in [2.45, 2.75) is 38.1 Å². The Morgan fingerprint density at radius 1 is 1.20 bits per heavy atom. The van der Waals surface area contributed by atoms with Gasteiger partial charge in [0.2, 0.25) is 10.0 Å². The summed E-state index contributed by atoms with van der Waals surface area (Å²) in [6.07, 6.45) is 1.51. The Morgan fingerprint density at radius 3 is 2.64 bits per heavy atom. The van der Waals surface area contributed by atoms with Gasteiger partial charge >= 0.3 is 0 Å². The number of hydrogen-bond acceptors (Lipinski definition) is 3. The minimum atomic E-state index is -3.68. The van der Waals surface area contributed by atoms with E-state index >= 15 is 0 Å². The highest BCUT2D eigenvalue weighted by atomic mass is 35.5. The molecule has 0 saturated carbocycles. The van der Waals surface area contributed by atoms with Gasteiger partial charge in [0.25, 0.3) is 0 Å². The molecular weight excluding hydrogens is 358 g/mol. The molecule has 2 aromatic rings. The van der Waals surface area contributed by atoms with E-state index in [0.29, 0.717) is 36.9 Å². The van der Waals surface area contributed by atoms with Crippen molar-refractivity contribution in [2.24, 2.45) is 0 Å². The van der Waals surface area contributed by atoms with Crippen LogP contribution in [-0.4, -0.2) is 25.9 Å². The molecule has 0 atom stereocenters. The fourth-order valence-corrected chi connectivity index (χ4v) is 4.76. The summed E-state index contributed by atoms with van der Waals surface area (Å²) in [5, 5.41) is 0.430. The van der Waals surface area contributed by atoms with Crippen LogP contribution in [0.1, 0.15) is 30.0 Å². The SMILES string of the molecule is CCCOc1cc(C)c(Cl)cc1S(=O)(=O)N1CCc2ccccc2C1. The Bertz CT molecular complexity index is 880. The molecule has 0 saturated heterocycles. The number of halogens is 1. The number of ether oxygens (including phenoxy) is 1. The third-order valence-corrected chi connectivity index (χ3v) is 6.67. The van der Waals surface area contributed by atoms with E-state index in [9.17, 15) is 8.42 Å². The second-order valence-electron chi connectivity index (χ2n) is 6.25. The Balaban J connectivity index is 1.99. The molecule has 0 radical (unpaired) electrons. The molecule has 0 fully saturated rings. The van der Waals surface area contributed by atoms with E-state index in [0.717, 1.165) is 17.5 Å². The maximum atomic E-state index is 13.2. The lowest BCUT2D eigenvalue weighted by Crippen LogP contribution is -2.36. The highest BCUT2D eigenvalue weighted by Gasteiger charge is 2.31. The first kappa shape index (κ1) is 18.2. The van der Waals surface area contributed by atoms with Gasteiger partial charge in [0.1, 0.15) is 10.6 Å². The first-order valence-corrected chi connectivity index (χ1v) is 10.2. The molecule has 1 heterocycles. The van der Waals surface area contributed by atoms with Crippen LogP contribution in [0.3, 0.4) is 0 Å². The normalized spacial score (nSPS) is 15.0. The molecule has 1 aliphatic heterocycles. The largest absolute Gasteiger partial charge is 0.492 e. The van der Waals surface area contributed by atoms with Gasteiger partial charge in [-0.15, -0.1) is 0 Å². The molecule has 0 amide bonds. The number of sulfonamides is 1. The molecule has 1 aliphatic rings. The van der Waals surface area contributed by atoms with E-state index in [1.807, 2.05) is 32.0 Å². The Labute approximate surface area is 154 Å². The smallest absolute Gasteiger partial charge is 0.247 e. The van der Waals surface area contributed by atoms with Gasteiger partial charge in [0.15, 0.2) is 0 Å². The van der Waals surface area contributed by atoms with E-state index in [-0.39, 0.29) is 4.90 Å². The highest BCUT2D eigenvalue weighted by Crippen LogP contribution is 2.34.